The fraction of sp³-hybridized carbons (Fsp3) is 0.533. The van der Waals surface area contributed by atoms with Crippen LogP contribution in [0.3, 0.4) is 0 Å². The molecule has 0 N–H and O–H groups in total. The van der Waals surface area contributed by atoms with E-state index >= 15 is 0 Å². The molecule has 0 aliphatic heterocycles. The molecule has 2 fully saturated rings. The number of rotatable bonds is 3. The first-order valence-electron chi connectivity index (χ1n) is 6.66. The van der Waals surface area contributed by atoms with Crippen LogP contribution in [-0.2, 0) is 11.3 Å². The van der Waals surface area contributed by atoms with Gasteiger partial charge in [0.2, 0.25) is 5.91 Å². The summed E-state index contributed by atoms with van der Waals surface area (Å²) in [6.45, 7) is 0.716. The van der Waals surface area contributed by atoms with Crippen molar-refractivity contribution in [2.45, 2.75) is 25.8 Å². The molecule has 1 aromatic carbocycles. The van der Waals surface area contributed by atoms with Gasteiger partial charge in [0.15, 0.2) is 0 Å². The highest BCUT2D eigenvalue weighted by atomic mass is 79.9. The van der Waals surface area contributed by atoms with Crippen LogP contribution in [-0.4, -0.2) is 17.9 Å². The molecule has 0 radical (unpaired) electrons. The Labute approximate surface area is 116 Å². The highest BCUT2D eigenvalue weighted by Crippen LogP contribution is 2.58. The fourth-order valence-electron chi connectivity index (χ4n) is 3.43. The summed E-state index contributed by atoms with van der Waals surface area (Å²) in [6, 6.07) is 8.18. The number of halogens is 1. The van der Waals surface area contributed by atoms with Crippen LogP contribution < -0.4 is 0 Å². The maximum absolute atomic E-state index is 12.3. The second kappa shape index (κ2) is 4.69. The molecule has 3 heteroatoms. The van der Waals surface area contributed by atoms with Gasteiger partial charge in [0.25, 0.3) is 0 Å². The lowest BCUT2D eigenvalue weighted by molar-refractivity contribution is -0.132. The molecule has 2 nitrogen and oxygen atoms in total. The fourth-order valence-corrected chi connectivity index (χ4v) is 3.88. The standard InChI is InChI=1S/C15H18BrNO/c1-17(9-10-4-2-5-11(16)8-10)15(18)14-12-6-3-7-13(12)14/h2,4-5,8,12-14H,3,6-7,9H2,1H3. The molecule has 1 amide bonds. The monoisotopic (exact) mass is 307 g/mol. The number of hydrogen-bond acceptors (Lipinski definition) is 1. The summed E-state index contributed by atoms with van der Waals surface area (Å²) in [5.41, 5.74) is 1.19. The highest BCUT2D eigenvalue weighted by Gasteiger charge is 2.57. The van der Waals surface area contributed by atoms with Gasteiger partial charge in [-0.2, -0.15) is 0 Å². The second-order valence-corrected chi connectivity index (χ2v) is 6.52. The minimum atomic E-state index is 0.343. The Morgan fingerprint density at radius 3 is 2.78 bits per heavy atom. The van der Waals surface area contributed by atoms with Gasteiger partial charge in [-0.3, -0.25) is 4.79 Å². The van der Waals surface area contributed by atoms with Gasteiger partial charge in [0.1, 0.15) is 0 Å². The Morgan fingerprint density at radius 1 is 1.39 bits per heavy atom. The maximum Gasteiger partial charge on any atom is 0.226 e. The van der Waals surface area contributed by atoms with Crippen molar-refractivity contribution >= 4 is 21.8 Å². The average Bonchev–Trinajstić information content (AvgIpc) is 2.80. The molecule has 18 heavy (non-hydrogen) atoms. The van der Waals surface area contributed by atoms with E-state index in [9.17, 15) is 4.79 Å². The van der Waals surface area contributed by atoms with E-state index in [0.717, 1.165) is 4.47 Å². The number of nitrogens with zero attached hydrogens (tertiary/aromatic N) is 1. The lowest BCUT2D eigenvalue weighted by atomic mass is 10.1. The van der Waals surface area contributed by atoms with E-state index in [2.05, 4.69) is 28.1 Å². The molecule has 2 atom stereocenters. The third-order valence-corrected chi connectivity index (χ3v) is 4.87. The van der Waals surface area contributed by atoms with Crippen LogP contribution in [0.4, 0.5) is 0 Å². The molecule has 2 aliphatic rings. The van der Waals surface area contributed by atoms with Crippen molar-refractivity contribution in [1.29, 1.82) is 0 Å². The lowest BCUT2D eigenvalue weighted by Crippen LogP contribution is -2.29. The lowest BCUT2D eigenvalue weighted by Gasteiger charge is -2.18. The van der Waals surface area contributed by atoms with Gasteiger partial charge >= 0.3 is 0 Å². The summed E-state index contributed by atoms with van der Waals surface area (Å²) in [5.74, 6) is 2.12. The number of benzene rings is 1. The third kappa shape index (κ3) is 2.20. The summed E-state index contributed by atoms with van der Waals surface area (Å²) < 4.78 is 1.07. The number of fused-ring (bicyclic) bond motifs is 1. The van der Waals surface area contributed by atoms with Crippen LogP contribution in [0.25, 0.3) is 0 Å². The Kier molecular flexibility index (Phi) is 3.18. The number of carbonyl (C=O) groups excluding carboxylic acids is 1. The summed E-state index contributed by atoms with van der Waals surface area (Å²) in [5, 5.41) is 0. The molecule has 0 bridgehead atoms. The summed E-state index contributed by atoms with van der Waals surface area (Å²) in [4.78, 5) is 14.2. The SMILES string of the molecule is CN(Cc1cccc(Br)c1)C(=O)C1C2CCCC21. The molecular weight excluding hydrogens is 290 g/mol. The van der Waals surface area contributed by atoms with E-state index < -0.39 is 0 Å². The van der Waals surface area contributed by atoms with E-state index in [1.165, 1.54) is 24.8 Å². The Hall–Kier alpha value is -0.830. The Bertz CT molecular complexity index is 463. The van der Waals surface area contributed by atoms with Crippen LogP contribution in [0.2, 0.25) is 0 Å². The number of hydrogen-bond donors (Lipinski definition) is 0. The van der Waals surface area contributed by atoms with Crippen molar-refractivity contribution in [3.63, 3.8) is 0 Å². The van der Waals surface area contributed by atoms with Crippen molar-refractivity contribution in [2.75, 3.05) is 7.05 Å². The van der Waals surface area contributed by atoms with Crippen molar-refractivity contribution in [2.24, 2.45) is 17.8 Å². The van der Waals surface area contributed by atoms with Crippen LogP contribution in [0.15, 0.2) is 28.7 Å². The minimum absolute atomic E-state index is 0.343. The van der Waals surface area contributed by atoms with E-state index in [1.807, 2.05) is 24.1 Å². The van der Waals surface area contributed by atoms with Crippen LogP contribution >= 0.6 is 15.9 Å². The largest absolute Gasteiger partial charge is 0.341 e. The minimum Gasteiger partial charge on any atom is -0.341 e. The van der Waals surface area contributed by atoms with Crippen molar-refractivity contribution < 1.29 is 4.79 Å². The Balaban J connectivity index is 1.61. The summed E-state index contributed by atoms with van der Waals surface area (Å²) in [6.07, 6.45) is 3.87. The predicted molar refractivity (Wildman–Crippen MR) is 74.9 cm³/mol. The summed E-state index contributed by atoms with van der Waals surface area (Å²) >= 11 is 3.47. The smallest absolute Gasteiger partial charge is 0.226 e. The Morgan fingerprint density at radius 2 is 2.11 bits per heavy atom. The molecule has 1 aromatic rings. The first-order chi connectivity index (χ1) is 8.66. The van der Waals surface area contributed by atoms with Crippen molar-refractivity contribution in [3.8, 4) is 0 Å². The number of amides is 1. The molecule has 0 aromatic heterocycles. The normalized spacial score (nSPS) is 28.9. The van der Waals surface area contributed by atoms with Gasteiger partial charge in [-0.05, 0) is 42.4 Å². The van der Waals surface area contributed by atoms with E-state index in [0.29, 0.717) is 30.2 Å². The van der Waals surface area contributed by atoms with Crippen molar-refractivity contribution in [1.82, 2.24) is 4.90 Å². The van der Waals surface area contributed by atoms with Gasteiger partial charge in [-0.15, -0.1) is 0 Å². The molecule has 2 unspecified atom stereocenters. The average molecular weight is 308 g/mol. The van der Waals surface area contributed by atoms with Gasteiger partial charge in [0, 0.05) is 24.0 Å². The molecule has 0 saturated heterocycles. The zero-order chi connectivity index (χ0) is 12.7. The molecule has 0 heterocycles. The van der Waals surface area contributed by atoms with Gasteiger partial charge in [0.05, 0.1) is 0 Å². The van der Waals surface area contributed by atoms with Crippen LogP contribution in [0, 0.1) is 17.8 Å². The molecule has 2 aliphatic carbocycles. The predicted octanol–water partition coefficient (Wildman–Crippen LogP) is 3.45. The van der Waals surface area contributed by atoms with E-state index in [1.54, 1.807) is 0 Å². The van der Waals surface area contributed by atoms with Crippen LogP contribution in [0.5, 0.6) is 0 Å². The highest BCUT2D eigenvalue weighted by molar-refractivity contribution is 9.10. The molecule has 96 valence electrons. The van der Waals surface area contributed by atoms with Gasteiger partial charge in [-0.25, -0.2) is 0 Å². The third-order valence-electron chi connectivity index (χ3n) is 4.38. The second-order valence-electron chi connectivity index (χ2n) is 5.61. The van der Waals surface area contributed by atoms with Gasteiger partial charge < -0.3 is 4.90 Å². The molecule has 0 spiro atoms. The summed E-state index contributed by atoms with van der Waals surface area (Å²) in [7, 11) is 1.93. The van der Waals surface area contributed by atoms with E-state index in [4.69, 9.17) is 0 Å². The maximum atomic E-state index is 12.3. The topological polar surface area (TPSA) is 20.3 Å². The zero-order valence-corrected chi connectivity index (χ0v) is 12.2. The first-order valence-corrected chi connectivity index (χ1v) is 7.45. The van der Waals surface area contributed by atoms with E-state index in [-0.39, 0.29) is 0 Å². The molecular formula is C15H18BrNO. The molecule has 3 rings (SSSR count). The zero-order valence-electron chi connectivity index (χ0n) is 10.6. The van der Waals surface area contributed by atoms with Gasteiger partial charge in [-0.1, -0.05) is 34.5 Å². The van der Waals surface area contributed by atoms with Crippen molar-refractivity contribution in [3.05, 3.63) is 34.3 Å². The first kappa shape index (κ1) is 12.2. The number of carbonyl (C=O) groups is 1. The quantitative estimate of drug-likeness (QED) is 0.837. The molecule has 2 saturated carbocycles. The van der Waals surface area contributed by atoms with Crippen LogP contribution in [0.1, 0.15) is 24.8 Å².